The zero-order valence-electron chi connectivity index (χ0n) is 11.0. The highest BCUT2D eigenvalue weighted by atomic mass is 35.5. The van der Waals surface area contributed by atoms with Crippen LogP contribution in [0, 0.1) is 0 Å². The third kappa shape index (κ3) is 2.06. The first kappa shape index (κ1) is 13.3. The van der Waals surface area contributed by atoms with E-state index < -0.39 is 0 Å². The van der Waals surface area contributed by atoms with E-state index in [1.54, 1.807) is 12.1 Å². The summed E-state index contributed by atoms with van der Waals surface area (Å²) in [4.78, 5) is 15.7. The zero-order valence-corrected chi connectivity index (χ0v) is 12.5. The molecule has 2 aromatic carbocycles. The van der Waals surface area contributed by atoms with Gasteiger partial charge in [0.05, 0.1) is 21.3 Å². The van der Waals surface area contributed by atoms with Gasteiger partial charge in [-0.15, -0.1) is 0 Å². The molecule has 1 aromatic heterocycles. The summed E-state index contributed by atoms with van der Waals surface area (Å²) in [7, 11) is 0. The molecule has 22 heavy (non-hydrogen) atoms. The largest absolute Gasteiger partial charge is 0.493 e. The third-order valence-electron chi connectivity index (χ3n) is 3.31. The highest BCUT2D eigenvalue weighted by Crippen LogP contribution is 2.40. The molecule has 5 nitrogen and oxygen atoms in total. The molecule has 0 aliphatic carbocycles. The first-order chi connectivity index (χ1) is 10.6. The fourth-order valence-corrected chi connectivity index (χ4v) is 2.89. The predicted molar refractivity (Wildman–Crippen MR) is 85.8 cm³/mol. The van der Waals surface area contributed by atoms with E-state index in [4.69, 9.17) is 23.2 Å². The monoisotopic (exact) mass is 330 g/mol. The first-order valence-electron chi connectivity index (χ1n) is 6.43. The van der Waals surface area contributed by atoms with Crippen molar-refractivity contribution in [1.29, 1.82) is 0 Å². The van der Waals surface area contributed by atoms with Crippen molar-refractivity contribution in [3.8, 4) is 5.88 Å². The molecule has 1 aliphatic rings. The lowest BCUT2D eigenvalue weighted by molar-refractivity contribution is 0.460. The van der Waals surface area contributed by atoms with Gasteiger partial charge in [0.15, 0.2) is 0 Å². The Balaban J connectivity index is 1.95. The number of hydrogen-bond donors (Lipinski definition) is 2. The van der Waals surface area contributed by atoms with Gasteiger partial charge in [-0.1, -0.05) is 35.3 Å². The number of fused-ring (bicyclic) bond motifs is 2. The maximum atomic E-state index is 10.1. The molecule has 1 aliphatic heterocycles. The molecule has 108 valence electrons. The van der Waals surface area contributed by atoms with E-state index >= 15 is 0 Å². The van der Waals surface area contributed by atoms with Crippen molar-refractivity contribution >= 4 is 45.8 Å². The number of halogens is 2. The van der Waals surface area contributed by atoms with Crippen molar-refractivity contribution in [2.24, 2.45) is 15.0 Å². The fourth-order valence-electron chi connectivity index (χ4n) is 2.35. The average Bonchev–Trinajstić information content (AvgIpc) is 3.02. The van der Waals surface area contributed by atoms with Crippen molar-refractivity contribution in [2.75, 3.05) is 0 Å². The van der Waals surface area contributed by atoms with Crippen LogP contribution in [-0.4, -0.2) is 16.1 Å². The second kappa shape index (κ2) is 4.83. The number of guanidine groups is 1. The maximum Gasteiger partial charge on any atom is 0.251 e. The molecule has 0 spiro atoms. The van der Waals surface area contributed by atoms with Crippen LogP contribution in [-0.2, 0) is 0 Å². The van der Waals surface area contributed by atoms with E-state index in [1.165, 1.54) is 0 Å². The summed E-state index contributed by atoms with van der Waals surface area (Å²) >= 11 is 12.1. The Morgan fingerprint density at radius 1 is 1.05 bits per heavy atom. The molecule has 2 N–H and O–H groups in total. The van der Waals surface area contributed by atoms with Crippen molar-refractivity contribution in [2.45, 2.75) is 0 Å². The summed E-state index contributed by atoms with van der Waals surface area (Å²) in [5, 5.41) is 13.1. The van der Waals surface area contributed by atoms with Crippen LogP contribution in [0.25, 0.3) is 10.9 Å². The molecule has 7 heteroatoms. The van der Waals surface area contributed by atoms with E-state index in [2.05, 4.69) is 20.0 Å². The summed E-state index contributed by atoms with van der Waals surface area (Å²) in [5.41, 5.74) is 0.883. The fraction of sp³-hybridized carbons (Fsp3) is 0. The molecule has 4 rings (SSSR count). The number of para-hydroxylation sites is 2. The van der Waals surface area contributed by atoms with Crippen LogP contribution >= 0.6 is 23.2 Å². The first-order valence-corrected chi connectivity index (χ1v) is 7.18. The SMILES string of the molecule is Oc1[nH]c2c(Cl)cc(Cl)cc2c1N=C1N=c2ccccc2=N1. The Morgan fingerprint density at radius 3 is 2.41 bits per heavy atom. The molecule has 0 saturated carbocycles. The summed E-state index contributed by atoms with van der Waals surface area (Å²) in [6.07, 6.45) is 0. The van der Waals surface area contributed by atoms with Gasteiger partial charge in [-0.3, -0.25) is 0 Å². The van der Waals surface area contributed by atoms with Crippen molar-refractivity contribution in [3.63, 3.8) is 0 Å². The highest BCUT2D eigenvalue weighted by molar-refractivity contribution is 6.38. The maximum absolute atomic E-state index is 10.1. The van der Waals surface area contributed by atoms with E-state index in [9.17, 15) is 5.11 Å². The minimum Gasteiger partial charge on any atom is -0.493 e. The Hall–Kier alpha value is -2.37. The van der Waals surface area contributed by atoms with Crippen molar-refractivity contribution < 1.29 is 5.11 Å². The summed E-state index contributed by atoms with van der Waals surface area (Å²) in [6, 6.07) is 10.7. The molecule has 0 saturated heterocycles. The molecule has 2 heterocycles. The molecule has 0 radical (unpaired) electrons. The second-order valence-electron chi connectivity index (χ2n) is 4.76. The smallest absolute Gasteiger partial charge is 0.251 e. The van der Waals surface area contributed by atoms with E-state index in [-0.39, 0.29) is 11.8 Å². The number of hydrogen-bond acceptors (Lipinski definition) is 2. The van der Waals surface area contributed by atoms with Gasteiger partial charge in [-0.05, 0) is 24.3 Å². The quantitative estimate of drug-likeness (QED) is 0.706. The van der Waals surface area contributed by atoms with Crippen LogP contribution in [0.1, 0.15) is 0 Å². The van der Waals surface area contributed by atoms with Crippen LogP contribution < -0.4 is 10.7 Å². The minimum absolute atomic E-state index is 0.104. The number of H-pyrrole nitrogens is 1. The minimum atomic E-state index is -0.104. The summed E-state index contributed by atoms with van der Waals surface area (Å²) in [6.45, 7) is 0. The normalized spacial score (nSPS) is 12.9. The summed E-state index contributed by atoms with van der Waals surface area (Å²) in [5.74, 6) is 0.168. The number of aromatic amines is 1. The van der Waals surface area contributed by atoms with Crippen LogP contribution in [0.3, 0.4) is 0 Å². The Bertz CT molecular complexity index is 1030. The number of nitrogens with zero attached hydrogens (tertiary/aromatic N) is 3. The molecule has 0 bridgehead atoms. The topological polar surface area (TPSA) is 73.1 Å². The molecule has 0 fully saturated rings. The molecule has 3 aromatic rings. The standard InChI is InChI=1S/C15H8Cl2N4O/c16-7-5-8-12(9(17)6-7)20-14(22)13(8)21-15-18-10-3-1-2-4-11(10)19-15/h1-6,20,22H. The number of benzene rings is 2. The van der Waals surface area contributed by atoms with Gasteiger partial charge >= 0.3 is 0 Å². The number of aromatic hydroxyl groups is 1. The molecule has 0 amide bonds. The lowest BCUT2D eigenvalue weighted by atomic mass is 10.2. The van der Waals surface area contributed by atoms with Gasteiger partial charge in [0.2, 0.25) is 5.88 Å². The summed E-state index contributed by atoms with van der Waals surface area (Å²) < 4.78 is 0. The Kier molecular flexibility index (Phi) is 2.92. The van der Waals surface area contributed by atoms with Crippen LogP contribution in [0.15, 0.2) is 51.4 Å². The van der Waals surface area contributed by atoms with Crippen LogP contribution in [0.5, 0.6) is 5.88 Å². The van der Waals surface area contributed by atoms with E-state index in [0.29, 0.717) is 26.6 Å². The Labute approximate surface area is 134 Å². The van der Waals surface area contributed by atoms with Crippen molar-refractivity contribution in [3.05, 3.63) is 57.2 Å². The molecule has 0 unspecified atom stereocenters. The number of aliphatic imine (C=N–C) groups is 1. The molecular formula is C15H8Cl2N4O. The highest BCUT2D eigenvalue weighted by Gasteiger charge is 2.15. The van der Waals surface area contributed by atoms with Gasteiger partial charge < -0.3 is 10.1 Å². The van der Waals surface area contributed by atoms with Gasteiger partial charge in [0.25, 0.3) is 5.96 Å². The van der Waals surface area contributed by atoms with Gasteiger partial charge in [0, 0.05) is 10.4 Å². The predicted octanol–water partition coefficient (Wildman–Crippen LogP) is 3.12. The number of aromatic nitrogens is 1. The Morgan fingerprint density at radius 2 is 1.73 bits per heavy atom. The molecular weight excluding hydrogens is 323 g/mol. The van der Waals surface area contributed by atoms with Gasteiger partial charge in [0.1, 0.15) is 5.69 Å². The van der Waals surface area contributed by atoms with Crippen LogP contribution in [0.2, 0.25) is 10.0 Å². The lowest BCUT2D eigenvalue weighted by Gasteiger charge is -1.96. The van der Waals surface area contributed by atoms with E-state index in [0.717, 1.165) is 10.7 Å². The zero-order chi connectivity index (χ0) is 15.3. The second-order valence-corrected chi connectivity index (χ2v) is 5.60. The average molecular weight is 331 g/mol. The number of rotatable bonds is 1. The van der Waals surface area contributed by atoms with Gasteiger partial charge in [-0.2, -0.15) is 0 Å². The lowest BCUT2D eigenvalue weighted by Crippen LogP contribution is -2.19. The molecule has 0 atom stereocenters. The third-order valence-corrected chi connectivity index (χ3v) is 3.83. The van der Waals surface area contributed by atoms with Crippen molar-refractivity contribution in [1.82, 2.24) is 4.98 Å². The number of nitrogens with one attached hydrogen (secondary N) is 1. The van der Waals surface area contributed by atoms with Crippen LogP contribution in [0.4, 0.5) is 5.69 Å². The van der Waals surface area contributed by atoms with E-state index in [1.807, 2.05) is 24.3 Å². The van der Waals surface area contributed by atoms with Gasteiger partial charge in [-0.25, -0.2) is 15.0 Å².